The van der Waals surface area contributed by atoms with Crippen LogP contribution in [0.15, 0.2) is 29.6 Å². The number of rotatable bonds is 4. The van der Waals surface area contributed by atoms with Crippen LogP contribution in [0.1, 0.15) is 16.9 Å². The van der Waals surface area contributed by atoms with E-state index in [1.165, 1.54) is 0 Å². The Bertz CT molecular complexity index is 641. The second-order valence-corrected chi connectivity index (χ2v) is 5.70. The van der Waals surface area contributed by atoms with Gasteiger partial charge in [0.1, 0.15) is 17.4 Å². The second kappa shape index (κ2) is 7.56. The molecule has 0 aliphatic rings. The molecule has 0 atom stereocenters. The van der Waals surface area contributed by atoms with Crippen LogP contribution in [-0.2, 0) is 6.61 Å². The summed E-state index contributed by atoms with van der Waals surface area (Å²) in [6.45, 7) is 0.507. The number of hydrogen-bond donors (Lipinski definition) is 1. The van der Waals surface area contributed by atoms with E-state index in [2.05, 4.69) is 11.8 Å². The summed E-state index contributed by atoms with van der Waals surface area (Å²) in [6, 6.07) is 7.26. The van der Waals surface area contributed by atoms with Crippen LogP contribution < -0.4 is 4.74 Å². The molecule has 0 aliphatic heterocycles. The molecule has 0 bridgehead atoms. The maximum Gasteiger partial charge on any atom is 0.139 e. The summed E-state index contributed by atoms with van der Waals surface area (Å²) in [5, 5.41) is 11.5. The van der Waals surface area contributed by atoms with Gasteiger partial charge in [-0.3, -0.25) is 0 Å². The first-order valence-electron chi connectivity index (χ1n) is 5.94. The molecular formula is C15H12Cl2O2S. The number of aliphatic hydroxyl groups is 1. The lowest BCUT2D eigenvalue weighted by molar-refractivity contribution is 0.305. The normalized spacial score (nSPS) is 9.95. The third kappa shape index (κ3) is 4.16. The van der Waals surface area contributed by atoms with Gasteiger partial charge in [-0.2, -0.15) is 0 Å². The Labute approximate surface area is 131 Å². The van der Waals surface area contributed by atoms with Crippen molar-refractivity contribution in [2.75, 3.05) is 6.61 Å². The Hall–Kier alpha value is -1.18. The summed E-state index contributed by atoms with van der Waals surface area (Å²) < 4.78 is 5.65. The zero-order chi connectivity index (χ0) is 14.4. The van der Waals surface area contributed by atoms with E-state index in [9.17, 15) is 0 Å². The van der Waals surface area contributed by atoms with Crippen molar-refractivity contribution in [1.82, 2.24) is 0 Å². The van der Waals surface area contributed by atoms with Crippen LogP contribution in [0.25, 0.3) is 0 Å². The maximum absolute atomic E-state index is 8.66. The van der Waals surface area contributed by atoms with Crippen molar-refractivity contribution < 1.29 is 9.84 Å². The fourth-order valence-electron chi connectivity index (χ4n) is 1.49. The Morgan fingerprint density at radius 3 is 2.95 bits per heavy atom. The van der Waals surface area contributed by atoms with Crippen LogP contribution in [-0.4, -0.2) is 11.7 Å². The molecule has 2 nitrogen and oxygen atoms in total. The molecule has 1 N–H and O–H groups in total. The van der Waals surface area contributed by atoms with Gasteiger partial charge in [-0.25, -0.2) is 0 Å². The van der Waals surface area contributed by atoms with Crippen molar-refractivity contribution in [1.29, 1.82) is 0 Å². The van der Waals surface area contributed by atoms with Crippen molar-refractivity contribution in [2.45, 2.75) is 13.0 Å². The summed E-state index contributed by atoms with van der Waals surface area (Å²) in [6.07, 6.45) is 0.486. The van der Waals surface area contributed by atoms with Crippen molar-refractivity contribution in [2.24, 2.45) is 0 Å². The van der Waals surface area contributed by atoms with Crippen molar-refractivity contribution in [3.05, 3.63) is 50.1 Å². The Morgan fingerprint density at radius 1 is 1.30 bits per heavy atom. The Kier molecular flexibility index (Phi) is 5.75. The van der Waals surface area contributed by atoms with E-state index in [0.717, 1.165) is 10.4 Å². The first kappa shape index (κ1) is 15.2. The molecule has 1 aromatic heterocycles. The molecule has 0 amide bonds. The average Bonchev–Trinajstić information content (AvgIpc) is 2.89. The minimum absolute atomic E-state index is 0.0837. The quantitative estimate of drug-likeness (QED) is 0.845. The van der Waals surface area contributed by atoms with Crippen LogP contribution in [0.3, 0.4) is 0 Å². The largest absolute Gasteiger partial charge is 0.486 e. The fourth-order valence-corrected chi connectivity index (χ4v) is 2.56. The van der Waals surface area contributed by atoms with Gasteiger partial charge in [0.25, 0.3) is 0 Å². The average molecular weight is 327 g/mol. The molecule has 2 aromatic rings. The van der Waals surface area contributed by atoms with E-state index in [1.54, 1.807) is 29.5 Å². The van der Waals surface area contributed by atoms with Gasteiger partial charge in [0, 0.05) is 22.2 Å². The van der Waals surface area contributed by atoms with Crippen molar-refractivity contribution in [3.8, 4) is 17.6 Å². The number of thiophene rings is 1. The molecule has 0 saturated carbocycles. The second-order valence-electron chi connectivity index (χ2n) is 3.92. The highest BCUT2D eigenvalue weighted by Crippen LogP contribution is 2.32. The Morgan fingerprint density at radius 2 is 2.15 bits per heavy atom. The molecule has 0 spiro atoms. The van der Waals surface area contributed by atoms with E-state index in [0.29, 0.717) is 28.8 Å². The zero-order valence-electron chi connectivity index (χ0n) is 10.5. The lowest BCUT2D eigenvalue weighted by atomic mass is 10.3. The molecule has 0 fully saturated rings. The monoisotopic (exact) mass is 326 g/mol. The van der Waals surface area contributed by atoms with E-state index in [-0.39, 0.29) is 6.61 Å². The number of ether oxygens (including phenoxy) is 1. The molecule has 0 radical (unpaired) electrons. The lowest BCUT2D eigenvalue weighted by Crippen LogP contribution is -1.93. The molecule has 20 heavy (non-hydrogen) atoms. The highest BCUT2D eigenvalue weighted by molar-refractivity contribution is 7.10. The van der Waals surface area contributed by atoms with Crippen LogP contribution >= 0.6 is 34.5 Å². The van der Waals surface area contributed by atoms with Gasteiger partial charge in [-0.05, 0) is 18.2 Å². The molecular weight excluding hydrogens is 315 g/mol. The predicted molar refractivity (Wildman–Crippen MR) is 83.7 cm³/mol. The lowest BCUT2D eigenvalue weighted by Gasteiger charge is -2.07. The minimum Gasteiger partial charge on any atom is -0.486 e. The first-order chi connectivity index (χ1) is 9.70. The molecule has 0 unspecified atom stereocenters. The third-order valence-electron chi connectivity index (χ3n) is 2.41. The van der Waals surface area contributed by atoms with Crippen LogP contribution in [0.2, 0.25) is 10.0 Å². The topological polar surface area (TPSA) is 29.5 Å². The first-order valence-corrected chi connectivity index (χ1v) is 7.58. The maximum atomic E-state index is 8.66. The standard InChI is InChI=1S/C15H12Cl2O2S/c16-13-5-3-6-14(15(13)17)19-9-12-8-11(10-20-12)4-1-2-7-18/h3,5-6,8,10,18H,2,7,9H2. The van der Waals surface area contributed by atoms with Gasteiger partial charge in [-0.15, -0.1) is 11.3 Å². The summed E-state index contributed by atoms with van der Waals surface area (Å²) in [4.78, 5) is 1.05. The number of aliphatic hydroxyl groups excluding tert-OH is 1. The highest BCUT2D eigenvalue weighted by atomic mass is 35.5. The van der Waals surface area contributed by atoms with Crippen LogP contribution in [0, 0.1) is 11.8 Å². The summed E-state index contributed by atoms with van der Waals surface area (Å²) in [7, 11) is 0. The van der Waals surface area contributed by atoms with E-state index in [4.69, 9.17) is 33.0 Å². The predicted octanol–water partition coefficient (Wildman–Crippen LogP) is 4.37. The summed E-state index contributed by atoms with van der Waals surface area (Å²) >= 11 is 13.5. The van der Waals surface area contributed by atoms with Gasteiger partial charge in [0.15, 0.2) is 0 Å². The van der Waals surface area contributed by atoms with Gasteiger partial charge in [0.2, 0.25) is 0 Å². The molecule has 0 saturated heterocycles. The fraction of sp³-hybridized carbons (Fsp3) is 0.200. The van der Waals surface area contributed by atoms with Gasteiger partial charge in [0.05, 0.1) is 11.6 Å². The minimum atomic E-state index is 0.0837. The highest BCUT2D eigenvalue weighted by Gasteiger charge is 2.06. The SMILES string of the molecule is OCCC#Cc1csc(COc2cccc(Cl)c2Cl)c1. The smallest absolute Gasteiger partial charge is 0.139 e. The van der Waals surface area contributed by atoms with Crippen molar-refractivity contribution in [3.63, 3.8) is 0 Å². The molecule has 104 valence electrons. The number of benzene rings is 1. The van der Waals surface area contributed by atoms with E-state index < -0.39 is 0 Å². The van der Waals surface area contributed by atoms with E-state index in [1.807, 2.05) is 11.4 Å². The molecule has 1 heterocycles. The summed E-state index contributed by atoms with van der Waals surface area (Å²) in [5.74, 6) is 6.43. The van der Waals surface area contributed by atoms with Crippen LogP contribution in [0.5, 0.6) is 5.75 Å². The molecule has 2 rings (SSSR count). The molecule has 0 aliphatic carbocycles. The van der Waals surface area contributed by atoms with Gasteiger partial charge < -0.3 is 9.84 Å². The number of hydrogen-bond acceptors (Lipinski definition) is 3. The number of halogens is 2. The zero-order valence-corrected chi connectivity index (χ0v) is 12.9. The van der Waals surface area contributed by atoms with Gasteiger partial charge >= 0.3 is 0 Å². The van der Waals surface area contributed by atoms with Gasteiger partial charge in [-0.1, -0.05) is 41.1 Å². The molecule has 1 aromatic carbocycles. The Balaban J connectivity index is 1.98. The molecule has 5 heteroatoms. The van der Waals surface area contributed by atoms with E-state index >= 15 is 0 Å². The van der Waals surface area contributed by atoms with Crippen LogP contribution in [0.4, 0.5) is 0 Å². The third-order valence-corrected chi connectivity index (χ3v) is 4.12. The van der Waals surface area contributed by atoms with Crippen molar-refractivity contribution >= 4 is 34.5 Å². The summed E-state index contributed by atoms with van der Waals surface area (Å²) in [5.41, 5.74) is 0.930.